The molecule has 2 aromatic heterocycles. The number of nitrogens with zero attached hydrogens (tertiary/aromatic N) is 3. The van der Waals surface area contributed by atoms with Crippen LogP contribution in [0.1, 0.15) is 0 Å². The highest BCUT2D eigenvalue weighted by Crippen LogP contribution is 2.16. The molecule has 0 atom stereocenters. The Morgan fingerprint density at radius 2 is 1.88 bits per heavy atom. The summed E-state index contributed by atoms with van der Waals surface area (Å²) in [5.74, 6) is 1.20. The van der Waals surface area contributed by atoms with Crippen LogP contribution in [0.3, 0.4) is 0 Å². The summed E-state index contributed by atoms with van der Waals surface area (Å²) in [4.78, 5) is 6.77. The zero-order valence-electron chi connectivity index (χ0n) is 9.37. The van der Waals surface area contributed by atoms with Crippen LogP contribution >= 0.6 is 24.8 Å². The molecule has 1 saturated heterocycles. The Hall–Kier alpha value is -0.970. The second-order valence-electron chi connectivity index (χ2n) is 3.78. The third-order valence-corrected chi connectivity index (χ3v) is 2.84. The molecule has 3 rings (SSSR count). The predicted molar refractivity (Wildman–Crippen MR) is 74.8 cm³/mol. The number of piperazine rings is 1. The Bertz CT molecular complexity index is 465. The maximum absolute atomic E-state index is 4.39. The van der Waals surface area contributed by atoms with Gasteiger partial charge < -0.3 is 10.2 Å². The van der Waals surface area contributed by atoms with E-state index in [9.17, 15) is 0 Å². The molecule has 0 amide bonds. The quantitative estimate of drug-likeness (QED) is 0.857. The summed E-state index contributed by atoms with van der Waals surface area (Å²) in [6, 6.07) is 6.09. The maximum atomic E-state index is 4.39. The van der Waals surface area contributed by atoms with Crippen molar-refractivity contribution in [3.05, 3.63) is 30.6 Å². The number of hydrogen-bond donors (Lipinski definition) is 1. The first-order valence-corrected chi connectivity index (χ1v) is 5.33. The fourth-order valence-corrected chi connectivity index (χ4v) is 2.05. The van der Waals surface area contributed by atoms with Crippen LogP contribution in [-0.4, -0.2) is 35.6 Å². The second-order valence-corrected chi connectivity index (χ2v) is 3.78. The van der Waals surface area contributed by atoms with Gasteiger partial charge in [0.15, 0.2) is 0 Å². The van der Waals surface area contributed by atoms with Gasteiger partial charge in [-0.2, -0.15) is 0 Å². The molecule has 0 aliphatic carbocycles. The van der Waals surface area contributed by atoms with Gasteiger partial charge in [-0.25, -0.2) is 4.98 Å². The molecule has 6 heteroatoms. The molecule has 0 bridgehead atoms. The highest BCUT2D eigenvalue weighted by Gasteiger charge is 2.13. The average Bonchev–Trinajstić information content (AvgIpc) is 2.74. The molecular formula is C11H16Cl2N4. The van der Waals surface area contributed by atoms with E-state index in [1.54, 1.807) is 0 Å². The zero-order valence-corrected chi connectivity index (χ0v) is 11.0. The number of aromatic nitrogens is 2. The SMILES string of the molecule is Cl.Cl.c1ccn2c(N3CCNCC3)cnc2c1. The smallest absolute Gasteiger partial charge is 0.138 e. The first-order valence-electron chi connectivity index (χ1n) is 5.33. The summed E-state index contributed by atoms with van der Waals surface area (Å²) in [6.45, 7) is 4.23. The molecule has 1 aliphatic rings. The molecule has 0 spiro atoms. The van der Waals surface area contributed by atoms with Crippen LogP contribution in [-0.2, 0) is 0 Å². The van der Waals surface area contributed by atoms with E-state index in [1.165, 1.54) is 5.82 Å². The number of imidazole rings is 1. The van der Waals surface area contributed by atoms with Gasteiger partial charge in [0.1, 0.15) is 11.5 Å². The first-order chi connectivity index (χ1) is 7.45. The van der Waals surface area contributed by atoms with Crippen LogP contribution < -0.4 is 10.2 Å². The fraction of sp³-hybridized carbons (Fsp3) is 0.364. The highest BCUT2D eigenvalue weighted by atomic mass is 35.5. The van der Waals surface area contributed by atoms with Crippen molar-refractivity contribution in [2.45, 2.75) is 0 Å². The average molecular weight is 275 g/mol. The Balaban J connectivity index is 0.000000722. The molecule has 1 N–H and O–H groups in total. The Morgan fingerprint density at radius 3 is 2.65 bits per heavy atom. The van der Waals surface area contributed by atoms with Crippen LogP contribution in [0.4, 0.5) is 5.82 Å². The van der Waals surface area contributed by atoms with E-state index in [-0.39, 0.29) is 24.8 Å². The lowest BCUT2D eigenvalue weighted by atomic mass is 10.3. The van der Waals surface area contributed by atoms with Gasteiger partial charge in [0.25, 0.3) is 0 Å². The largest absolute Gasteiger partial charge is 0.354 e. The molecule has 0 saturated carbocycles. The van der Waals surface area contributed by atoms with Crippen molar-refractivity contribution in [2.75, 3.05) is 31.1 Å². The molecule has 1 fully saturated rings. The van der Waals surface area contributed by atoms with Gasteiger partial charge in [-0.05, 0) is 12.1 Å². The lowest BCUT2D eigenvalue weighted by Gasteiger charge is -2.28. The second kappa shape index (κ2) is 6.10. The number of rotatable bonds is 1. The Morgan fingerprint density at radius 1 is 1.12 bits per heavy atom. The van der Waals surface area contributed by atoms with Crippen LogP contribution in [0.25, 0.3) is 5.65 Å². The molecule has 0 aromatic carbocycles. The van der Waals surface area contributed by atoms with Gasteiger partial charge in [0, 0.05) is 32.4 Å². The summed E-state index contributed by atoms with van der Waals surface area (Å²) in [5, 5.41) is 3.35. The first kappa shape index (κ1) is 14.1. The molecule has 3 heterocycles. The van der Waals surface area contributed by atoms with Crippen molar-refractivity contribution < 1.29 is 0 Å². The third-order valence-electron chi connectivity index (χ3n) is 2.84. The van der Waals surface area contributed by atoms with Gasteiger partial charge in [-0.15, -0.1) is 24.8 Å². The summed E-state index contributed by atoms with van der Waals surface area (Å²) >= 11 is 0. The highest BCUT2D eigenvalue weighted by molar-refractivity contribution is 5.85. The zero-order chi connectivity index (χ0) is 10.1. The van der Waals surface area contributed by atoms with Crippen molar-refractivity contribution in [2.24, 2.45) is 0 Å². The predicted octanol–water partition coefficient (Wildman–Crippen LogP) is 1.59. The fourth-order valence-electron chi connectivity index (χ4n) is 2.05. The van der Waals surface area contributed by atoms with Crippen LogP contribution in [0, 0.1) is 0 Å². The molecule has 0 radical (unpaired) electrons. The number of fused-ring (bicyclic) bond motifs is 1. The minimum atomic E-state index is 0. The van der Waals surface area contributed by atoms with Crippen LogP contribution in [0.15, 0.2) is 30.6 Å². The molecule has 1 aliphatic heterocycles. The lowest BCUT2D eigenvalue weighted by molar-refractivity contribution is 0.584. The number of pyridine rings is 1. The summed E-state index contributed by atoms with van der Waals surface area (Å²) in [7, 11) is 0. The van der Waals surface area contributed by atoms with Gasteiger partial charge in [0.05, 0.1) is 6.20 Å². The third kappa shape index (κ3) is 2.65. The molecule has 17 heavy (non-hydrogen) atoms. The van der Waals surface area contributed by atoms with E-state index < -0.39 is 0 Å². The molecule has 2 aromatic rings. The molecule has 94 valence electrons. The normalized spacial score (nSPS) is 15.2. The van der Waals surface area contributed by atoms with E-state index >= 15 is 0 Å². The van der Waals surface area contributed by atoms with Crippen molar-refractivity contribution in [3.63, 3.8) is 0 Å². The van der Waals surface area contributed by atoms with Crippen LogP contribution in [0.5, 0.6) is 0 Å². The van der Waals surface area contributed by atoms with Crippen molar-refractivity contribution in [3.8, 4) is 0 Å². The monoisotopic (exact) mass is 274 g/mol. The van der Waals surface area contributed by atoms with E-state index in [0.29, 0.717) is 0 Å². The summed E-state index contributed by atoms with van der Waals surface area (Å²) < 4.78 is 2.14. The Labute approximate surface area is 113 Å². The van der Waals surface area contributed by atoms with Crippen LogP contribution in [0.2, 0.25) is 0 Å². The van der Waals surface area contributed by atoms with E-state index in [1.807, 2.05) is 24.4 Å². The van der Waals surface area contributed by atoms with Crippen molar-refractivity contribution in [1.29, 1.82) is 0 Å². The van der Waals surface area contributed by atoms with E-state index in [2.05, 4.69) is 25.8 Å². The molecule has 4 nitrogen and oxygen atoms in total. The van der Waals surface area contributed by atoms with Gasteiger partial charge in [-0.1, -0.05) is 6.07 Å². The number of anilines is 1. The topological polar surface area (TPSA) is 32.6 Å². The summed E-state index contributed by atoms with van der Waals surface area (Å²) in [6.07, 6.45) is 4.03. The standard InChI is InChI=1S/C11H14N4.2ClH/c1-2-6-15-10(3-1)13-9-11(15)14-7-4-12-5-8-14;;/h1-3,6,9,12H,4-5,7-8H2;2*1H. The van der Waals surface area contributed by atoms with E-state index in [4.69, 9.17) is 0 Å². The number of halogens is 2. The molecular weight excluding hydrogens is 259 g/mol. The lowest BCUT2D eigenvalue weighted by Crippen LogP contribution is -2.44. The minimum Gasteiger partial charge on any atom is -0.354 e. The Kier molecular flexibility index (Phi) is 5.05. The van der Waals surface area contributed by atoms with Gasteiger partial charge in [-0.3, -0.25) is 4.40 Å². The molecule has 0 unspecified atom stereocenters. The van der Waals surface area contributed by atoms with Gasteiger partial charge in [0.2, 0.25) is 0 Å². The maximum Gasteiger partial charge on any atom is 0.138 e. The van der Waals surface area contributed by atoms with Crippen molar-refractivity contribution in [1.82, 2.24) is 14.7 Å². The van der Waals surface area contributed by atoms with Gasteiger partial charge >= 0.3 is 0 Å². The summed E-state index contributed by atoms with van der Waals surface area (Å²) in [5.41, 5.74) is 1.02. The number of nitrogens with one attached hydrogen (secondary N) is 1. The van der Waals surface area contributed by atoms with E-state index in [0.717, 1.165) is 31.8 Å². The minimum absolute atomic E-state index is 0. The van der Waals surface area contributed by atoms with Crippen molar-refractivity contribution >= 4 is 36.3 Å². The number of hydrogen-bond acceptors (Lipinski definition) is 3.